The van der Waals surface area contributed by atoms with Gasteiger partial charge in [0.25, 0.3) is 5.91 Å². The summed E-state index contributed by atoms with van der Waals surface area (Å²) in [5.74, 6) is 0.0400. The molecule has 134 valence electrons. The van der Waals surface area contributed by atoms with Crippen molar-refractivity contribution >= 4 is 16.7 Å². The van der Waals surface area contributed by atoms with Gasteiger partial charge >= 0.3 is 6.61 Å². The molecule has 0 aliphatic heterocycles. The van der Waals surface area contributed by atoms with E-state index in [0.29, 0.717) is 5.75 Å². The predicted molar refractivity (Wildman–Crippen MR) is 94.9 cm³/mol. The number of fused-ring (bicyclic) bond motifs is 1. The smallest absolute Gasteiger partial charge is 0.387 e. The third kappa shape index (κ3) is 4.47. The third-order valence-electron chi connectivity index (χ3n) is 3.73. The number of halogens is 2. The van der Waals surface area contributed by atoms with Gasteiger partial charge in [0.1, 0.15) is 18.1 Å². The number of ether oxygens (including phenoxy) is 2. The highest BCUT2D eigenvalue weighted by atomic mass is 19.3. The van der Waals surface area contributed by atoms with Crippen molar-refractivity contribution in [1.29, 1.82) is 0 Å². The first kappa shape index (κ1) is 17.7. The van der Waals surface area contributed by atoms with Crippen molar-refractivity contribution in [1.82, 2.24) is 5.32 Å². The summed E-state index contributed by atoms with van der Waals surface area (Å²) in [6.45, 7) is -2.50. The molecule has 0 aliphatic rings. The van der Waals surface area contributed by atoms with Gasteiger partial charge < -0.3 is 14.8 Å². The normalized spacial score (nSPS) is 10.7. The highest BCUT2D eigenvalue weighted by Gasteiger charge is 2.14. The van der Waals surface area contributed by atoms with Crippen LogP contribution in [0.1, 0.15) is 10.4 Å². The maximum absolute atomic E-state index is 12.4. The molecule has 0 spiro atoms. The number of nitrogens with one attached hydrogen (secondary N) is 1. The van der Waals surface area contributed by atoms with Crippen molar-refractivity contribution in [3.63, 3.8) is 0 Å². The van der Waals surface area contributed by atoms with Gasteiger partial charge in [-0.3, -0.25) is 4.79 Å². The average molecular weight is 357 g/mol. The Hall–Kier alpha value is -3.15. The SMILES string of the molecule is O=C(NCCOc1ccc2ccccc2c1)c1ccccc1OC(F)F. The molecule has 1 N–H and O–H groups in total. The van der Waals surface area contributed by atoms with E-state index in [-0.39, 0.29) is 24.5 Å². The molecule has 0 heterocycles. The highest BCUT2D eigenvalue weighted by molar-refractivity contribution is 5.96. The Morgan fingerprint density at radius 1 is 0.962 bits per heavy atom. The van der Waals surface area contributed by atoms with E-state index in [1.165, 1.54) is 18.2 Å². The van der Waals surface area contributed by atoms with Gasteiger partial charge in [0.05, 0.1) is 12.1 Å². The summed E-state index contributed by atoms with van der Waals surface area (Å²) >= 11 is 0. The summed E-state index contributed by atoms with van der Waals surface area (Å²) in [7, 11) is 0. The van der Waals surface area contributed by atoms with Crippen LogP contribution in [0.15, 0.2) is 66.7 Å². The number of rotatable bonds is 7. The molecular formula is C20H17F2NO3. The molecule has 26 heavy (non-hydrogen) atoms. The maximum atomic E-state index is 12.4. The Morgan fingerprint density at radius 3 is 2.50 bits per heavy atom. The first-order valence-corrected chi connectivity index (χ1v) is 8.07. The Labute approximate surface area is 149 Å². The van der Waals surface area contributed by atoms with Gasteiger partial charge in [-0.1, -0.05) is 42.5 Å². The molecular weight excluding hydrogens is 340 g/mol. The molecule has 0 unspecified atom stereocenters. The number of carbonyl (C=O) groups excluding carboxylic acids is 1. The summed E-state index contributed by atoms with van der Waals surface area (Å²) in [4.78, 5) is 12.1. The van der Waals surface area contributed by atoms with Crippen molar-refractivity contribution in [3.05, 3.63) is 72.3 Å². The van der Waals surface area contributed by atoms with Crippen LogP contribution in [0.4, 0.5) is 8.78 Å². The van der Waals surface area contributed by atoms with Crippen LogP contribution in [0.25, 0.3) is 10.8 Å². The van der Waals surface area contributed by atoms with E-state index in [0.717, 1.165) is 10.8 Å². The topological polar surface area (TPSA) is 47.6 Å². The Bertz CT molecular complexity index is 899. The maximum Gasteiger partial charge on any atom is 0.387 e. The summed E-state index contributed by atoms with van der Waals surface area (Å²) in [6, 6.07) is 19.5. The lowest BCUT2D eigenvalue weighted by molar-refractivity contribution is -0.0501. The first-order valence-electron chi connectivity index (χ1n) is 8.07. The molecule has 1 amide bonds. The second-order valence-corrected chi connectivity index (χ2v) is 5.49. The van der Waals surface area contributed by atoms with Crippen LogP contribution in [0.5, 0.6) is 11.5 Å². The lowest BCUT2D eigenvalue weighted by Gasteiger charge is -2.11. The number of amides is 1. The molecule has 0 atom stereocenters. The van der Waals surface area contributed by atoms with Gasteiger partial charge in [-0.05, 0) is 35.0 Å². The Kier molecular flexibility index (Phi) is 5.63. The van der Waals surface area contributed by atoms with E-state index in [1.807, 2.05) is 42.5 Å². The van der Waals surface area contributed by atoms with Crippen LogP contribution in [-0.2, 0) is 0 Å². The molecule has 6 heteroatoms. The third-order valence-corrected chi connectivity index (χ3v) is 3.73. The van der Waals surface area contributed by atoms with Crippen molar-refractivity contribution in [3.8, 4) is 11.5 Å². The molecule has 0 aromatic heterocycles. The Balaban J connectivity index is 1.54. The number of benzene rings is 3. The molecule has 0 saturated heterocycles. The minimum absolute atomic E-state index is 0.0542. The van der Waals surface area contributed by atoms with Crippen LogP contribution in [-0.4, -0.2) is 25.7 Å². The van der Waals surface area contributed by atoms with Gasteiger partial charge in [-0.2, -0.15) is 8.78 Å². The first-order chi connectivity index (χ1) is 12.6. The van der Waals surface area contributed by atoms with Crippen molar-refractivity contribution < 1.29 is 23.0 Å². The monoisotopic (exact) mass is 357 g/mol. The van der Waals surface area contributed by atoms with Gasteiger partial charge in [-0.25, -0.2) is 0 Å². The zero-order valence-corrected chi connectivity index (χ0v) is 13.8. The van der Waals surface area contributed by atoms with E-state index >= 15 is 0 Å². The summed E-state index contributed by atoms with van der Waals surface area (Å²) in [5.41, 5.74) is 0.0542. The van der Waals surface area contributed by atoms with Crippen LogP contribution in [0.2, 0.25) is 0 Å². The van der Waals surface area contributed by atoms with Crippen molar-refractivity contribution in [2.45, 2.75) is 6.61 Å². The van der Waals surface area contributed by atoms with Gasteiger partial charge in [0.2, 0.25) is 0 Å². The molecule has 0 bridgehead atoms. The van der Waals surface area contributed by atoms with E-state index in [2.05, 4.69) is 10.1 Å². The fourth-order valence-corrected chi connectivity index (χ4v) is 2.54. The standard InChI is InChI=1S/C20H17F2NO3/c21-20(22)26-18-8-4-3-7-17(18)19(24)23-11-12-25-16-10-9-14-5-1-2-6-15(14)13-16/h1-10,13,20H,11-12H2,(H,23,24). The molecule has 3 rings (SSSR count). The minimum Gasteiger partial charge on any atom is -0.492 e. The van der Waals surface area contributed by atoms with E-state index in [4.69, 9.17) is 4.74 Å². The number of hydrogen-bond acceptors (Lipinski definition) is 3. The van der Waals surface area contributed by atoms with Crippen LogP contribution >= 0.6 is 0 Å². The number of alkyl halides is 2. The lowest BCUT2D eigenvalue weighted by Crippen LogP contribution is -2.28. The largest absolute Gasteiger partial charge is 0.492 e. The fourth-order valence-electron chi connectivity index (χ4n) is 2.54. The zero-order chi connectivity index (χ0) is 18.4. The number of para-hydroxylation sites is 1. The fraction of sp³-hybridized carbons (Fsp3) is 0.150. The van der Waals surface area contributed by atoms with Crippen molar-refractivity contribution in [2.75, 3.05) is 13.2 Å². The van der Waals surface area contributed by atoms with Gasteiger partial charge in [0.15, 0.2) is 0 Å². The molecule has 3 aromatic rings. The summed E-state index contributed by atoms with van der Waals surface area (Å²) in [5, 5.41) is 4.81. The zero-order valence-electron chi connectivity index (χ0n) is 13.8. The van der Waals surface area contributed by atoms with E-state index in [9.17, 15) is 13.6 Å². The van der Waals surface area contributed by atoms with E-state index < -0.39 is 12.5 Å². The van der Waals surface area contributed by atoms with Gasteiger partial charge in [-0.15, -0.1) is 0 Å². The quantitative estimate of drug-likeness (QED) is 0.643. The minimum atomic E-state index is -2.99. The Morgan fingerprint density at radius 2 is 1.69 bits per heavy atom. The summed E-state index contributed by atoms with van der Waals surface area (Å²) < 4.78 is 34.8. The second-order valence-electron chi connectivity index (χ2n) is 5.49. The average Bonchev–Trinajstić information content (AvgIpc) is 2.65. The molecule has 0 radical (unpaired) electrons. The van der Waals surface area contributed by atoms with Crippen LogP contribution in [0, 0.1) is 0 Å². The van der Waals surface area contributed by atoms with Gasteiger partial charge in [0, 0.05) is 0 Å². The molecule has 0 saturated carbocycles. The second kappa shape index (κ2) is 8.29. The van der Waals surface area contributed by atoms with E-state index in [1.54, 1.807) is 6.07 Å². The molecule has 0 aliphatic carbocycles. The summed E-state index contributed by atoms with van der Waals surface area (Å²) in [6.07, 6.45) is 0. The van der Waals surface area contributed by atoms with Crippen molar-refractivity contribution in [2.24, 2.45) is 0 Å². The molecule has 0 fully saturated rings. The highest BCUT2D eigenvalue weighted by Crippen LogP contribution is 2.21. The lowest BCUT2D eigenvalue weighted by atomic mass is 10.1. The number of hydrogen-bond donors (Lipinski definition) is 1. The van der Waals surface area contributed by atoms with Crippen LogP contribution in [0.3, 0.4) is 0 Å². The molecule has 4 nitrogen and oxygen atoms in total. The van der Waals surface area contributed by atoms with Crippen LogP contribution < -0.4 is 14.8 Å². The molecule has 3 aromatic carbocycles. The predicted octanol–water partition coefficient (Wildman–Crippen LogP) is 4.25. The number of carbonyl (C=O) groups is 1.